The van der Waals surface area contributed by atoms with Crippen LogP contribution in [0.15, 0.2) is 0 Å². The van der Waals surface area contributed by atoms with Crippen LogP contribution in [0.5, 0.6) is 0 Å². The first-order valence-electron chi connectivity index (χ1n) is 15.2. The van der Waals surface area contributed by atoms with Crippen molar-refractivity contribution < 1.29 is 24.5 Å². The molecule has 5 heteroatoms. The molecule has 0 aromatic rings. The minimum Gasteiger partial charge on any atom is -0.462 e. The number of hydrogen-bond acceptors (Lipinski definition) is 5. The summed E-state index contributed by atoms with van der Waals surface area (Å²) in [5.41, 5.74) is -1.00. The fourth-order valence-corrected chi connectivity index (χ4v) is 11.4. The van der Waals surface area contributed by atoms with Crippen LogP contribution in [0.3, 0.4) is 0 Å². The highest BCUT2D eigenvalue weighted by Gasteiger charge is 2.72. The second-order valence-electron chi connectivity index (χ2n) is 16.0. The number of carbonyl (C=O) groups is 1. The van der Waals surface area contributed by atoms with Crippen LogP contribution in [0.2, 0.25) is 0 Å². The van der Waals surface area contributed by atoms with Gasteiger partial charge < -0.3 is 19.7 Å². The summed E-state index contributed by atoms with van der Waals surface area (Å²) >= 11 is 0. The molecule has 37 heavy (non-hydrogen) atoms. The van der Waals surface area contributed by atoms with Crippen LogP contribution in [0.25, 0.3) is 0 Å². The Labute approximate surface area is 225 Å². The van der Waals surface area contributed by atoms with E-state index in [4.69, 9.17) is 9.47 Å². The second-order valence-corrected chi connectivity index (χ2v) is 16.0. The molecule has 1 saturated heterocycles. The van der Waals surface area contributed by atoms with Gasteiger partial charge >= 0.3 is 5.97 Å². The number of rotatable bonds is 3. The lowest BCUT2D eigenvalue weighted by Gasteiger charge is -2.71. The molecule has 5 nitrogen and oxygen atoms in total. The minimum atomic E-state index is -0.838. The first-order chi connectivity index (χ1) is 16.9. The van der Waals surface area contributed by atoms with Gasteiger partial charge in [0.2, 0.25) is 0 Å². The topological polar surface area (TPSA) is 76.0 Å². The molecule has 4 aliphatic carbocycles. The van der Waals surface area contributed by atoms with Crippen molar-refractivity contribution in [1.82, 2.24) is 0 Å². The zero-order chi connectivity index (χ0) is 27.4. The summed E-state index contributed by atoms with van der Waals surface area (Å²) in [6.07, 6.45) is 8.65. The highest BCUT2D eigenvalue weighted by atomic mass is 16.5. The molecular formula is C32H54O5. The monoisotopic (exact) mass is 518 g/mol. The summed E-state index contributed by atoms with van der Waals surface area (Å²) in [4.78, 5) is 12.5. The molecule has 5 aliphatic rings. The van der Waals surface area contributed by atoms with E-state index < -0.39 is 5.60 Å². The van der Waals surface area contributed by atoms with Crippen molar-refractivity contribution in [3.63, 3.8) is 0 Å². The predicted molar refractivity (Wildman–Crippen MR) is 145 cm³/mol. The van der Waals surface area contributed by atoms with E-state index in [0.29, 0.717) is 17.8 Å². The van der Waals surface area contributed by atoms with Gasteiger partial charge in [-0.2, -0.15) is 0 Å². The van der Waals surface area contributed by atoms with Gasteiger partial charge in [0.1, 0.15) is 6.10 Å². The first-order valence-corrected chi connectivity index (χ1v) is 15.2. The van der Waals surface area contributed by atoms with E-state index in [1.54, 1.807) is 6.92 Å². The van der Waals surface area contributed by atoms with E-state index >= 15 is 0 Å². The Kier molecular flexibility index (Phi) is 6.35. The fraction of sp³-hybridized carbons (Fsp3) is 0.969. The maximum atomic E-state index is 12.5. The molecule has 0 aromatic carbocycles. The van der Waals surface area contributed by atoms with Gasteiger partial charge in [0.25, 0.3) is 0 Å². The number of carbonyl (C=O) groups excluding carboxylic acids is 1. The average molecular weight is 519 g/mol. The summed E-state index contributed by atoms with van der Waals surface area (Å²) in [5.74, 6) is 1.36. The van der Waals surface area contributed by atoms with Gasteiger partial charge in [-0.25, -0.2) is 0 Å². The lowest BCUT2D eigenvalue weighted by molar-refractivity contribution is -0.261. The molecule has 11 atom stereocenters. The highest BCUT2D eigenvalue weighted by molar-refractivity contribution is 5.66. The Balaban J connectivity index is 1.54. The summed E-state index contributed by atoms with van der Waals surface area (Å²) in [6.45, 7) is 19.7. The van der Waals surface area contributed by atoms with Crippen LogP contribution in [0, 0.1) is 45.3 Å². The average Bonchev–Trinajstić information content (AvgIpc) is 3.33. The molecule has 0 radical (unpaired) electrons. The molecule has 0 bridgehead atoms. The van der Waals surface area contributed by atoms with Crippen molar-refractivity contribution in [2.24, 2.45) is 45.3 Å². The Hall–Kier alpha value is -0.650. The smallest absolute Gasteiger partial charge is 0.302 e. The molecule has 2 N–H and O–H groups in total. The van der Waals surface area contributed by atoms with Gasteiger partial charge in [-0.1, -0.05) is 34.6 Å². The largest absolute Gasteiger partial charge is 0.462 e. The van der Waals surface area contributed by atoms with E-state index in [1.165, 1.54) is 6.42 Å². The third-order valence-electron chi connectivity index (χ3n) is 13.5. The molecule has 5 fully saturated rings. The van der Waals surface area contributed by atoms with Crippen molar-refractivity contribution in [3.8, 4) is 0 Å². The van der Waals surface area contributed by atoms with Crippen molar-refractivity contribution in [1.29, 1.82) is 0 Å². The zero-order valence-corrected chi connectivity index (χ0v) is 25.0. The van der Waals surface area contributed by atoms with Crippen LogP contribution < -0.4 is 0 Å². The van der Waals surface area contributed by atoms with E-state index in [2.05, 4.69) is 41.5 Å². The molecule has 4 unspecified atom stereocenters. The van der Waals surface area contributed by atoms with Crippen LogP contribution in [-0.2, 0) is 14.3 Å². The van der Waals surface area contributed by atoms with E-state index in [-0.39, 0.29) is 57.5 Å². The van der Waals surface area contributed by atoms with Gasteiger partial charge in [-0.05, 0) is 118 Å². The van der Waals surface area contributed by atoms with E-state index in [0.717, 1.165) is 51.4 Å². The lowest BCUT2D eigenvalue weighted by Crippen LogP contribution is -2.68. The van der Waals surface area contributed by atoms with Crippen LogP contribution >= 0.6 is 0 Å². The molecule has 0 amide bonds. The summed E-state index contributed by atoms with van der Waals surface area (Å²) in [6, 6.07) is 0. The molecule has 0 aromatic heterocycles. The highest BCUT2D eigenvalue weighted by Crippen LogP contribution is 2.76. The fourth-order valence-electron chi connectivity index (χ4n) is 11.4. The first kappa shape index (κ1) is 27.9. The summed E-state index contributed by atoms with van der Waals surface area (Å²) < 4.78 is 13.1. The van der Waals surface area contributed by atoms with Gasteiger partial charge in [0.15, 0.2) is 0 Å². The standard InChI is InChI=1S/C32H54O5/c1-19(33)36-22-18-21-20(32(9)17-13-25(37-32)28(4,5)35)10-15-30(21,7)31(8)16-11-23-27(2,3)24(34)12-14-29(23,6)26(22)31/h20-26,34-35H,10-18H2,1-9H3/t20-,21?,22?,23?,24+,25-,26?,29-,30+,31+,32+/m0/s1. The molecule has 212 valence electrons. The number of hydrogen-bond donors (Lipinski definition) is 2. The molecule has 1 heterocycles. The van der Waals surface area contributed by atoms with Crippen molar-refractivity contribution in [2.45, 2.75) is 150 Å². The van der Waals surface area contributed by atoms with Gasteiger partial charge in [0, 0.05) is 12.8 Å². The molecule has 4 saturated carbocycles. The molecule has 1 aliphatic heterocycles. The van der Waals surface area contributed by atoms with Crippen molar-refractivity contribution in [2.75, 3.05) is 0 Å². The van der Waals surface area contributed by atoms with Gasteiger partial charge in [-0.3, -0.25) is 4.79 Å². The Morgan fingerprint density at radius 1 is 0.892 bits per heavy atom. The molecule has 5 rings (SSSR count). The Morgan fingerprint density at radius 3 is 2.14 bits per heavy atom. The summed E-state index contributed by atoms with van der Waals surface area (Å²) in [7, 11) is 0. The molecular weight excluding hydrogens is 464 g/mol. The third kappa shape index (κ3) is 3.83. The van der Waals surface area contributed by atoms with Crippen LogP contribution in [0.1, 0.15) is 120 Å². The van der Waals surface area contributed by atoms with Gasteiger partial charge in [-0.15, -0.1) is 0 Å². The number of aliphatic hydroxyl groups is 2. The van der Waals surface area contributed by atoms with E-state index in [1.807, 2.05) is 13.8 Å². The minimum absolute atomic E-state index is 0.0294. The maximum absolute atomic E-state index is 12.5. The summed E-state index contributed by atoms with van der Waals surface area (Å²) in [5, 5.41) is 21.7. The Morgan fingerprint density at radius 2 is 1.54 bits per heavy atom. The lowest BCUT2D eigenvalue weighted by atomic mass is 9.35. The SMILES string of the molecule is CC(=O)OC1CC2[C@@H]([C@@]3(C)CC[C@@H](C(C)(C)O)O3)CC[C@@]2(C)[C@]2(C)CCC3C(C)(C)[C@H](O)CC[C@]3(C)C12. The molecule has 0 spiro atoms. The van der Waals surface area contributed by atoms with Crippen molar-refractivity contribution in [3.05, 3.63) is 0 Å². The van der Waals surface area contributed by atoms with Gasteiger partial charge in [0.05, 0.1) is 23.4 Å². The van der Waals surface area contributed by atoms with Crippen LogP contribution in [-0.4, -0.2) is 45.7 Å². The third-order valence-corrected chi connectivity index (χ3v) is 13.5. The van der Waals surface area contributed by atoms with Crippen molar-refractivity contribution >= 4 is 5.97 Å². The number of fused-ring (bicyclic) bond motifs is 5. The van der Waals surface area contributed by atoms with Crippen LogP contribution in [0.4, 0.5) is 0 Å². The maximum Gasteiger partial charge on any atom is 0.302 e. The number of esters is 1. The zero-order valence-electron chi connectivity index (χ0n) is 25.0. The second kappa shape index (κ2) is 8.43. The van der Waals surface area contributed by atoms with E-state index in [9.17, 15) is 15.0 Å². The quantitative estimate of drug-likeness (QED) is 0.430. The number of ether oxygens (including phenoxy) is 2. The normalized spacial score (nSPS) is 53.2. The Bertz CT molecular complexity index is 923. The predicted octanol–water partition coefficient (Wildman–Crippen LogP) is 6.28. The number of aliphatic hydroxyl groups excluding tert-OH is 1.